The smallest absolute Gasteiger partial charge is 0.260 e. The van der Waals surface area contributed by atoms with E-state index in [1.165, 1.54) is 0 Å². The lowest BCUT2D eigenvalue weighted by atomic mass is 9.90. The van der Waals surface area contributed by atoms with E-state index in [1.807, 2.05) is 12.1 Å². The molecule has 1 aromatic carbocycles. The van der Waals surface area contributed by atoms with Crippen LogP contribution in [0.1, 0.15) is 41.6 Å². The van der Waals surface area contributed by atoms with Gasteiger partial charge in [-0.2, -0.15) is 0 Å². The Morgan fingerprint density at radius 2 is 1.92 bits per heavy atom. The fraction of sp³-hybridized carbons (Fsp3) is 0.444. The van der Waals surface area contributed by atoms with Gasteiger partial charge in [-0.15, -0.1) is 0 Å². The number of rotatable bonds is 4. The molecular formula is C18H21N3O4S. The minimum atomic E-state index is -0.442. The van der Waals surface area contributed by atoms with E-state index in [2.05, 4.69) is 10.3 Å². The fourth-order valence-corrected chi connectivity index (χ4v) is 3.95. The van der Waals surface area contributed by atoms with Crippen LogP contribution in [0.2, 0.25) is 0 Å². The van der Waals surface area contributed by atoms with E-state index in [0.29, 0.717) is 23.6 Å². The summed E-state index contributed by atoms with van der Waals surface area (Å²) in [5.74, 6) is 1.19. The summed E-state index contributed by atoms with van der Waals surface area (Å²) in [7, 11) is 3.17. The van der Waals surface area contributed by atoms with Crippen LogP contribution < -0.4 is 20.3 Å². The maximum atomic E-state index is 12.7. The van der Waals surface area contributed by atoms with Crippen molar-refractivity contribution in [3.63, 3.8) is 0 Å². The minimum absolute atomic E-state index is 0.0543. The maximum absolute atomic E-state index is 12.7. The molecule has 0 saturated heterocycles. The lowest BCUT2D eigenvalue weighted by Gasteiger charge is -2.29. The SMILES string of the molecule is COc1cc2c(cc1OC)[C@@H](c1c(O)n(C3CC3)c(=S)[nH]c1=O)NCC2. The summed E-state index contributed by atoms with van der Waals surface area (Å²) >= 11 is 5.24. The molecular weight excluding hydrogens is 354 g/mol. The number of nitrogens with zero attached hydrogens (tertiary/aromatic N) is 1. The summed E-state index contributed by atoms with van der Waals surface area (Å²) in [4.78, 5) is 15.4. The number of aromatic amines is 1. The van der Waals surface area contributed by atoms with Gasteiger partial charge in [-0.05, 0) is 54.7 Å². The van der Waals surface area contributed by atoms with Gasteiger partial charge in [0.2, 0.25) is 5.88 Å². The molecule has 2 aromatic rings. The lowest BCUT2D eigenvalue weighted by Crippen LogP contribution is -2.35. The van der Waals surface area contributed by atoms with E-state index in [-0.39, 0.29) is 22.3 Å². The molecule has 2 heterocycles. The van der Waals surface area contributed by atoms with Crippen LogP contribution in [-0.4, -0.2) is 35.4 Å². The lowest BCUT2D eigenvalue weighted by molar-refractivity contribution is 0.352. The summed E-state index contributed by atoms with van der Waals surface area (Å²) in [6, 6.07) is 3.52. The zero-order valence-electron chi connectivity index (χ0n) is 14.7. The predicted octanol–water partition coefficient (Wildman–Crippen LogP) is 2.20. The topological polar surface area (TPSA) is 88.5 Å². The van der Waals surface area contributed by atoms with Crippen LogP contribution in [0.25, 0.3) is 0 Å². The molecule has 1 atom stereocenters. The van der Waals surface area contributed by atoms with Crippen LogP contribution in [0.5, 0.6) is 17.4 Å². The fourth-order valence-electron chi connectivity index (χ4n) is 3.62. The zero-order chi connectivity index (χ0) is 18.4. The van der Waals surface area contributed by atoms with Gasteiger partial charge in [0.1, 0.15) is 0 Å². The molecule has 8 heteroatoms. The van der Waals surface area contributed by atoms with Gasteiger partial charge in [0.25, 0.3) is 5.56 Å². The number of aromatic nitrogens is 2. The Morgan fingerprint density at radius 1 is 1.23 bits per heavy atom. The van der Waals surface area contributed by atoms with Crippen molar-refractivity contribution in [3.8, 4) is 17.4 Å². The van der Waals surface area contributed by atoms with Gasteiger partial charge in [-0.3, -0.25) is 14.3 Å². The number of aromatic hydroxyl groups is 1. The van der Waals surface area contributed by atoms with E-state index < -0.39 is 6.04 Å². The van der Waals surface area contributed by atoms with E-state index in [1.54, 1.807) is 18.8 Å². The van der Waals surface area contributed by atoms with Gasteiger partial charge < -0.3 is 19.9 Å². The molecule has 1 aliphatic carbocycles. The van der Waals surface area contributed by atoms with E-state index in [4.69, 9.17) is 21.7 Å². The Morgan fingerprint density at radius 3 is 2.58 bits per heavy atom. The molecule has 138 valence electrons. The number of H-pyrrole nitrogens is 1. The molecule has 4 rings (SSSR count). The van der Waals surface area contributed by atoms with Crippen molar-refractivity contribution in [2.75, 3.05) is 20.8 Å². The quantitative estimate of drug-likeness (QED) is 0.710. The van der Waals surface area contributed by atoms with Crippen molar-refractivity contribution in [1.82, 2.24) is 14.9 Å². The number of hydrogen-bond donors (Lipinski definition) is 3. The van der Waals surface area contributed by atoms with Crippen LogP contribution in [0.4, 0.5) is 0 Å². The summed E-state index contributed by atoms with van der Waals surface area (Å²) in [6.07, 6.45) is 2.70. The molecule has 3 N–H and O–H groups in total. The van der Waals surface area contributed by atoms with Gasteiger partial charge in [0, 0.05) is 12.6 Å². The van der Waals surface area contributed by atoms with Crippen LogP contribution >= 0.6 is 12.2 Å². The van der Waals surface area contributed by atoms with Gasteiger partial charge in [0.15, 0.2) is 16.3 Å². The summed E-state index contributed by atoms with van der Waals surface area (Å²) < 4.78 is 12.7. The van der Waals surface area contributed by atoms with E-state index >= 15 is 0 Å². The largest absolute Gasteiger partial charge is 0.494 e. The van der Waals surface area contributed by atoms with Crippen molar-refractivity contribution < 1.29 is 14.6 Å². The number of ether oxygens (including phenoxy) is 2. The average molecular weight is 375 g/mol. The normalized spacial score (nSPS) is 19.1. The highest BCUT2D eigenvalue weighted by Crippen LogP contribution is 2.42. The van der Waals surface area contributed by atoms with Gasteiger partial charge in [-0.25, -0.2) is 0 Å². The number of benzene rings is 1. The second-order valence-electron chi connectivity index (χ2n) is 6.64. The first-order chi connectivity index (χ1) is 12.5. The van der Waals surface area contributed by atoms with Gasteiger partial charge in [-0.1, -0.05) is 0 Å². The highest BCUT2D eigenvalue weighted by molar-refractivity contribution is 7.71. The monoisotopic (exact) mass is 375 g/mol. The van der Waals surface area contributed by atoms with Crippen molar-refractivity contribution in [1.29, 1.82) is 0 Å². The number of hydrogen-bond acceptors (Lipinski definition) is 6. The van der Waals surface area contributed by atoms with Crippen LogP contribution in [-0.2, 0) is 6.42 Å². The Bertz CT molecular complexity index is 978. The predicted molar refractivity (Wildman–Crippen MR) is 98.9 cm³/mol. The highest BCUT2D eigenvalue weighted by atomic mass is 32.1. The van der Waals surface area contributed by atoms with Crippen LogP contribution in [0.15, 0.2) is 16.9 Å². The number of fused-ring (bicyclic) bond motifs is 1. The third kappa shape index (κ3) is 2.69. The third-order valence-electron chi connectivity index (χ3n) is 5.05. The first-order valence-corrected chi connectivity index (χ1v) is 9.01. The highest BCUT2D eigenvalue weighted by Gasteiger charge is 2.33. The molecule has 0 amide bonds. The Labute approximate surface area is 155 Å². The molecule has 26 heavy (non-hydrogen) atoms. The molecule has 7 nitrogen and oxygen atoms in total. The molecule has 1 fully saturated rings. The summed E-state index contributed by atoms with van der Waals surface area (Å²) in [5, 5.41) is 14.2. The summed E-state index contributed by atoms with van der Waals surface area (Å²) in [6.45, 7) is 0.686. The van der Waals surface area contributed by atoms with Crippen molar-refractivity contribution in [2.24, 2.45) is 0 Å². The average Bonchev–Trinajstić information content (AvgIpc) is 3.45. The zero-order valence-corrected chi connectivity index (χ0v) is 15.5. The Hall–Kier alpha value is -2.32. The molecule has 1 aromatic heterocycles. The molecule has 2 aliphatic rings. The Kier molecular flexibility index (Phi) is 4.24. The second kappa shape index (κ2) is 6.44. The number of nitrogens with one attached hydrogen (secondary N) is 2. The molecule has 0 bridgehead atoms. The molecule has 0 radical (unpaired) electrons. The third-order valence-corrected chi connectivity index (χ3v) is 5.35. The molecule has 0 spiro atoms. The van der Waals surface area contributed by atoms with E-state index in [9.17, 15) is 9.90 Å². The molecule has 0 unspecified atom stereocenters. The van der Waals surface area contributed by atoms with Crippen LogP contribution in [0.3, 0.4) is 0 Å². The minimum Gasteiger partial charge on any atom is -0.494 e. The summed E-state index contributed by atoms with van der Waals surface area (Å²) in [5.41, 5.74) is 1.88. The molecule has 1 saturated carbocycles. The Balaban J connectivity index is 1.90. The molecule has 1 aliphatic heterocycles. The van der Waals surface area contributed by atoms with Crippen molar-refractivity contribution in [3.05, 3.63) is 43.9 Å². The van der Waals surface area contributed by atoms with Crippen molar-refractivity contribution >= 4 is 12.2 Å². The standard InChI is InChI=1S/C18H21N3O4S/c1-24-12-7-9-5-6-19-15(11(9)8-13(12)25-2)14-16(22)20-18(26)21(17(14)23)10-3-4-10/h7-8,10,15,19,23H,3-6H2,1-2H3,(H,20,22,26)/t15-/m0/s1. The van der Waals surface area contributed by atoms with Gasteiger partial charge >= 0.3 is 0 Å². The number of methoxy groups -OCH3 is 2. The maximum Gasteiger partial charge on any atom is 0.260 e. The van der Waals surface area contributed by atoms with Crippen molar-refractivity contribution in [2.45, 2.75) is 31.3 Å². The van der Waals surface area contributed by atoms with E-state index in [0.717, 1.165) is 30.4 Å². The van der Waals surface area contributed by atoms with Gasteiger partial charge in [0.05, 0.1) is 25.8 Å². The first kappa shape index (κ1) is 17.1. The first-order valence-electron chi connectivity index (χ1n) is 8.61. The second-order valence-corrected chi connectivity index (χ2v) is 7.03. The van der Waals surface area contributed by atoms with Crippen LogP contribution in [0, 0.1) is 4.77 Å².